The van der Waals surface area contributed by atoms with Crippen LogP contribution in [0, 0.1) is 5.92 Å². The molecule has 1 aromatic rings. The predicted molar refractivity (Wildman–Crippen MR) is 73.5 cm³/mol. The summed E-state index contributed by atoms with van der Waals surface area (Å²) in [7, 11) is 0. The van der Waals surface area contributed by atoms with Crippen LogP contribution in [0.25, 0.3) is 0 Å². The van der Waals surface area contributed by atoms with Gasteiger partial charge in [0.05, 0.1) is 23.3 Å². The van der Waals surface area contributed by atoms with Crippen molar-refractivity contribution in [1.82, 2.24) is 0 Å². The Kier molecular flexibility index (Phi) is 6.09. The molecule has 0 aliphatic carbocycles. The summed E-state index contributed by atoms with van der Waals surface area (Å²) in [4.78, 5) is 0. The third-order valence-corrected chi connectivity index (χ3v) is 3.50. The second-order valence-electron chi connectivity index (χ2n) is 5.86. The van der Waals surface area contributed by atoms with E-state index in [1.54, 1.807) is 0 Å². The molecular formula is C15H19F6NO. The molecule has 0 saturated carbocycles. The first-order chi connectivity index (χ1) is 10.3. The zero-order valence-electron chi connectivity index (χ0n) is 12.7. The predicted octanol–water partition coefficient (Wildman–Crippen LogP) is 4.52. The van der Waals surface area contributed by atoms with E-state index in [4.69, 9.17) is 5.73 Å². The second kappa shape index (κ2) is 7.09. The average molecular weight is 343 g/mol. The van der Waals surface area contributed by atoms with Gasteiger partial charge in [-0.15, -0.1) is 0 Å². The third-order valence-electron chi connectivity index (χ3n) is 3.50. The van der Waals surface area contributed by atoms with E-state index in [9.17, 15) is 31.4 Å². The van der Waals surface area contributed by atoms with Gasteiger partial charge in [0.15, 0.2) is 0 Å². The maximum absolute atomic E-state index is 13.0. The first-order valence-corrected chi connectivity index (χ1v) is 7.06. The SMILES string of the molecule is CC(C)CC[C@H](O)[C@H](N)c1ccc(C(F)(F)F)cc1C(F)(F)F. The summed E-state index contributed by atoms with van der Waals surface area (Å²) in [5.74, 6) is 0.214. The van der Waals surface area contributed by atoms with Crippen molar-refractivity contribution < 1.29 is 31.4 Å². The van der Waals surface area contributed by atoms with Crippen molar-refractivity contribution >= 4 is 0 Å². The van der Waals surface area contributed by atoms with Gasteiger partial charge in [-0.3, -0.25) is 0 Å². The van der Waals surface area contributed by atoms with Crippen LogP contribution in [0.2, 0.25) is 0 Å². The number of benzene rings is 1. The van der Waals surface area contributed by atoms with Crippen molar-refractivity contribution in [1.29, 1.82) is 0 Å². The minimum atomic E-state index is -4.99. The molecule has 1 aromatic carbocycles. The van der Waals surface area contributed by atoms with E-state index < -0.39 is 41.2 Å². The summed E-state index contributed by atoms with van der Waals surface area (Å²) in [6.07, 6.45) is -10.4. The van der Waals surface area contributed by atoms with Crippen LogP contribution in [0.3, 0.4) is 0 Å². The largest absolute Gasteiger partial charge is 0.416 e. The Morgan fingerprint density at radius 3 is 2.00 bits per heavy atom. The molecule has 0 spiro atoms. The average Bonchev–Trinajstić information content (AvgIpc) is 2.41. The molecule has 0 aromatic heterocycles. The van der Waals surface area contributed by atoms with E-state index in [1.807, 2.05) is 13.8 Å². The van der Waals surface area contributed by atoms with Crippen molar-refractivity contribution in [3.05, 3.63) is 34.9 Å². The van der Waals surface area contributed by atoms with Gasteiger partial charge in [0.25, 0.3) is 0 Å². The van der Waals surface area contributed by atoms with E-state index in [0.29, 0.717) is 18.6 Å². The summed E-state index contributed by atoms with van der Waals surface area (Å²) < 4.78 is 77.0. The van der Waals surface area contributed by atoms with Crippen molar-refractivity contribution in [2.24, 2.45) is 11.7 Å². The summed E-state index contributed by atoms with van der Waals surface area (Å²) in [5.41, 5.74) is 2.24. The maximum atomic E-state index is 13.0. The number of hydrogen-bond donors (Lipinski definition) is 2. The molecule has 3 N–H and O–H groups in total. The van der Waals surface area contributed by atoms with E-state index >= 15 is 0 Å². The summed E-state index contributed by atoms with van der Waals surface area (Å²) in [6.45, 7) is 3.75. The van der Waals surface area contributed by atoms with Crippen LogP contribution in [0.5, 0.6) is 0 Å². The van der Waals surface area contributed by atoms with Crippen LogP contribution < -0.4 is 5.73 Å². The molecular weight excluding hydrogens is 324 g/mol. The monoisotopic (exact) mass is 343 g/mol. The minimum absolute atomic E-state index is 0.0321. The smallest absolute Gasteiger partial charge is 0.391 e. The van der Waals surface area contributed by atoms with Gasteiger partial charge in [-0.1, -0.05) is 19.9 Å². The molecule has 23 heavy (non-hydrogen) atoms. The molecule has 0 aliphatic heterocycles. The maximum Gasteiger partial charge on any atom is 0.416 e. The first-order valence-electron chi connectivity index (χ1n) is 7.06. The Morgan fingerprint density at radius 2 is 1.57 bits per heavy atom. The Hall–Kier alpha value is -1.28. The van der Waals surface area contributed by atoms with E-state index in [2.05, 4.69) is 0 Å². The Balaban J connectivity index is 3.19. The highest BCUT2D eigenvalue weighted by Crippen LogP contribution is 2.39. The molecule has 2 nitrogen and oxygen atoms in total. The molecule has 0 saturated heterocycles. The number of nitrogens with two attached hydrogens (primary N) is 1. The number of hydrogen-bond acceptors (Lipinski definition) is 2. The van der Waals surface area contributed by atoms with Crippen molar-refractivity contribution in [2.45, 2.75) is 51.2 Å². The topological polar surface area (TPSA) is 46.2 Å². The quantitative estimate of drug-likeness (QED) is 0.772. The minimum Gasteiger partial charge on any atom is -0.391 e. The molecule has 1 rings (SSSR count). The van der Waals surface area contributed by atoms with Gasteiger partial charge in [0.2, 0.25) is 0 Å². The fraction of sp³-hybridized carbons (Fsp3) is 0.600. The highest BCUT2D eigenvalue weighted by molar-refractivity contribution is 5.38. The molecule has 0 fully saturated rings. The van der Waals surface area contributed by atoms with Crippen LogP contribution in [-0.4, -0.2) is 11.2 Å². The molecule has 0 radical (unpaired) electrons. The molecule has 132 valence electrons. The van der Waals surface area contributed by atoms with Gasteiger partial charge in [0.1, 0.15) is 0 Å². The van der Waals surface area contributed by atoms with Gasteiger partial charge >= 0.3 is 12.4 Å². The highest BCUT2D eigenvalue weighted by atomic mass is 19.4. The molecule has 2 atom stereocenters. The van der Waals surface area contributed by atoms with Crippen LogP contribution in [0.4, 0.5) is 26.3 Å². The van der Waals surface area contributed by atoms with E-state index in [-0.39, 0.29) is 18.4 Å². The number of halogens is 6. The lowest BCUT2D eigenvalue weighted by Crippen LogP contribution is -2.29. The Bertz CT molecular complexity index is 524. The lowest BCUT2D eigenvalue weighted by atomic mass is 9.91. The zero-order valence-corrected chi connectivity index (χ0v) is 12.7. The van der Waals surface area contributed by atoms with Gasteiger partial charge in [-0.25, -0.2) is 0 Å². The fourth-order valence-corrected chi connectivity index (χ4v) is 2.16. The lowest BCUT2D eigenvalue weighted by Gasteiger charge is -2.24. The van der Waals surface area contributed by atoms with E-state index in [0.717, 1.165) is 0 Å². The molecule has 0 amide bonds. The van der Waals surface area contributed by atoms with Crippen molar-refractivity contribution in [3.8, 4) is 0 Å². The van der Waals surface area contributed by atoms with Crippen molar-refractivity contribution in [2.75, 3.05) is 0 Å². The fourth-order valence-electron chi connectivity index (χ4n) is 2.16. The van der Waals surface area contributed by atoms with Crippen molar-refractivity contribution in [3.63, 3.8) is 0 Å². The summed E-state index contributed by atoms with van der Waals surface area (Å²) >= 11 is 0. The molecule has 0 unspecified atom stereocenters. The number of rotatable bonds is 5. The molecule has 0 bridgehead atoms. The normalized spacial score (nSPS) is 15.8. The van der Waals surface area contributed by atoms with Gasteiger partial charge in [-0.2, -0.15) is 26.3 Å². The van der Waals surface area contributed by atoms with Gasteiger partial charge in [-0.05, 0) is 36.5 Å². The highest BCUT2D eigenvalue weighted by Gasteiger charge is 2.39. The molecule has 0 heterocycles. The van der Waals surface area contributed by atoms with Crippen LogP contribution in [-0.2, 0) is 12.4 Å². The van der Waals surface area contributed by atoms with Gasteiger partial charge in [0, 0.05) is 0 Å². The third kappa shape index (κ3) is 5.39. The molecule has 8 heteroatoms. The number of aliphatic hydroxyl groups is 1. The summed E-state index contributed by atoms with van der Waals surface area (Å²) in [6, 6.07) is -0.147. The lowest BCUT2D eigenvalue weighted by molar-refractivity contribution is -0.143. The molecule has 0 aliphatic rings. The first kappa shape index (κ1) is 19.8. The number of alkyl halides is 6. The Labute approximate surface area is 130 Å². The van der Waals surface area contributed by atoms with Gasteiger partial charge < -0.3 is 10.8 Å². The Morgan fingerprint density at radius 1 is 1.00 bits per heavy atom. The zero-order chi connectivity index (χ0) is 18.0. The second-order valence-corrected chi connectivity index (χ2v) is 5.86. The van der Waals surface area contributed by atoms with Crippen LogP contribution in [0.1, 0.15) is 49.4 Å². The van der Waals surface area contributed by atoms with Crippen LogP contribution in [0.15, 0.2) is 18.2 Å². The van der Waals surface area contributed by atoms with Crippen LogP contribution >= 0.6 is 0 Å². The summed E-state index contributed by atoms with van der Waals surface area (Å²) in [5, 5.41) is 9.92. The number of aliphatic hydroxyl groups excluding tert-OH is 1. The standard InChI is InChI=1S/C15H19F6NO/c1-8(2)3-6-12(23)13(22)10-5-4-9(14(16,17)18)7-11(10)15(19,20)21/h4-5,7-8,12-13,23H,3,6,22H2,1-2H3/t12-,13+/m0/s1. The van der Waals surface area contributed by atoms with E-state index in [1.165, 1.54) is 0 Å².